The first-order valence-electron chi connectivity index (χ1n) is 20.0. The number of hydrogen-bond acceptors (Lipinski definition) is 10. The first kappa shape index (κ1) is 45.5. The van der Waals surface area contributed by atoms with E-state index in [4.69, 9.17) is 10.5 Å². The number of carbonyl (C=O) groups excluding carboxylic acids is 4. The maximum Gasteiger partial charge on any atom is 0.306 e. The van der Waals surface area contributed by atoms with Crippen LogP contribution in [0.2, 0.25) is 0 Å². The maximum atomic E-state index is 14.7. The number of ether oxygens (including phenoxy) is 1. The second kappa shape index (κ2) is 20.9. The van der Waals surface area contributed by atoms with E-state index in [2.05, 4.69) is 22.1 Å². The minimum atomic E-state index is -0.959. The summed E-state index contributed by atoms with van der Waals surface area (Å²) in [7, 11) is 2.02. The summed E-state index contributed by atoms with van der Waals surface area (Å²) < 4.78 is 5.85. The molecule has 2 amide bonds. The number of Topliss-reactive ketones (excluding diaryl/α,β-unsaturated/α-hetero) is 1. The average Bonchev–Trinajstić information content (AvgIpc) is 3.64. The molecule has 12 nitrogen and oxygen atoms in total. The van der Waals surface area contributed by atoms with Crippen molar-refractivity contribution in [3.63, 3.8) is 0 Å². The summed E-state index contributed by atoms with van der Waals surface area (Å²) in [6.07, 6.45) is 4.51. The summed E-state index contributed by atoms with van der Waals surface area (Å²) >= 11 is 1.19. The standard InChI is InChI=1S/C42H65N5O7S/c1-10-27(6)33(23-37(49)42(11-2)19-13-14-20-46(42)9)40(51)47(12-3)35(26(4)5)24-36(54-29(8)48)39-45-34(25-55-39)38(50)44-32(21-28(7)41(52)53)22-30-15-17-31(43)18-16-30/h15-18,25-28,32-33,35-36H,10-14,19-24,43H2,1-9H3,(H,44,50)(H,52,53)/t27-,28-,32+,33-,35+,36+,42?/m0/s1. The van der Waals surface area contributed by atoms with Crippen molar-refractivity contribution < 1.29 is 33.8 Å². The van der Waals surface area contributed by atoms with Crippen molar-refractivity contribution in [1.29, 1.82) is 0 Å². The molecule has 3 rings (SSSR count). The first-order chi connectivity index (χ1) is 26.0. The lowest BCUT2D eigenvalue weighted by Gasteiger charge is -2.45. The zero-order valence-corrected chi connectivity index (χ0v) is 35.2. The molecule has 1 aromatic heterocycles. The van der Waals surface area contributed by atoms with Crippen molar-refractivity contribution in [2.24, 2.45) is 23.7 Å². The number of anilines is 1. The minimum Gasteiger partial charge on any atom is -0.481 e. The number of aromatic nitrogens is 1. The predicted molar refractivity (Wildman–Crippen MR) is 217 cm³/mol. The number of nitrogens with two attached hydrogens (primary N) is 1. The van der Waals surface area contributed by atoms with Crippen LogP contribution in [-0.2, 0) is 30.3 Å². The number of carboxylic acids is 1. The zero-order valence-electron chi connectivity index (χ0n) is 34.4. The van der Waals surface area contributed by atoms with Gasteiger partial charge in [0.25, 0.3) is 5.91 Å². The fraction of sp³-hybridized carbons (Fsp3) is 0.667. The smallest absolute Gasteiger partial charge is 0.306 e. The van der Waals surface area contributed by atoms with Gasteiger partial charge in [-0.15, -0.1) is 11.3 Å². The summed E-state index contributed by atoms with van der Waals surface area (Å²) in [6.45, 7) is 16.3. The zero-order chi connectivity index (χ0) is 41.0. The van der Waals surface area contributed by atoms with Gasteiger partial charge in [-0.05, 0) is 88.6 Å². The van der Waals surface area contributed by atoms with E-state index in [1.165, 1.54) is 18.3 Å². The van der Waals surface area contributed by atoms with E-state index < -0.39 is 47.4 Å². The van der Waals surface area contributed by atoms with Gasteiger partial charge in [-0.25, -0.2) is 4.98 Å². The Morgan fingerprint density at radius 3 is 2.27 bits per heavy atom. The average molecular weight is 784 g/mol. The molecule has 4 N–H and O–H groups in total. The van der Waals surface area contributed by atoms with Gasteiger partial charge in [-0.3, -0.25) is 28.9 Å². The highest BCUT2D eigenvalue weighted by Crippen LogP contribution is 2.36. The molecule has 0 saturated carbocycles. The summed E-state index contributed by atoms with van der Waals surface area (Å²) in [4.78, 5) is 75.3. The molecule has 13 heteroatoms. The minimum absolute atomic E-state index is 0.0206. The third-order valence-corrected chi connectivity index (χ3v) is 12.6. The van der Waals surface area contributed by atoms with Crippen LogP contribution in [0.15, 0.2) is 29.6 Å². The van der Waals surface area contributed by atoms with Crippen LogP contribution < -0.4 is 11.1 Å². The molecule has 1 aromatic carbocycles. The largest absolute Gasteiger partial charge is 0.481 e. The van der Waals surface area contributed by atoms with Crippen molar-refractivity contribution >= 4 is 46.6 Å². The number of likely N-dealkylation sites (N-methyl/N-ethyl adjacent to an activating group) is 1. The van der Waals surface area contributed by atoms with E-state index in [0.717, 1.165) is 37.8 Å². The van der Waals surface area contributed by atoms with E-state index in [1.54, 1.807) is 24.4 Å². The number of carboxylic acid groups (broad SMARTS) is 1. The molecular weight excluding hydrogens is 719 g/mol. The summed E-state index contributed by atoms with van der Waals surface area (Å²) in [5.74, 6) is -3.13. The Balaban J connectivity index is 1.88. The molecule has 0 spiro atoms. The first-order valence-corrected chi connectivity index (χ1v) is 20.9. The van der Waals surface area contributed by atoms with Gasteiger partial charge in [0, 0.05) is 55.4 Å². The number of carbonyl (C=O) groups is 5. The third kappa shape index (κ3) is 12.1. The number of aliphatic carboxylic acids is 1. The Hall–Kier alpha value is -3.84. The number of ketones is 1. The van der Waals surface area contributed by atoms with Crippen molar-refractivity contribution in [3.8, 4) is 0 Å². The van der Waals surface area contributed by atoms with E-state index in [9.17, 15) is 29.1 Å². The van der Waals surface area contributed by atoms with Crippen LogP contribution in [0.3, 0.4) is 0 Å². The number of benzene rings is 1. The lowest BCUT2D eigenvalue weighted by Crippen LogP contribution is -2.56. The molecule has 2 heterocycles. The molecule has 55 heavy (non-hydrogen) atoms. The van der Waals surface area contributed by atoms with Gasteiger partial charge in [0.05, 0.1) is 11.5 Å². The Morgan fingerprint density at radius 1 is 1.05 bits per heavy atom. The van der Waals surface area contributed by atoms with Gasteiger partial charge < -0.3 is 25.8 Å². The highest BCUT2D eigenvalue weighted by molar-refractivity contribution is 7.09. The van der Waals surface area contributed by atoms with Crippen LogP contribution in [-0.4, -0.2) is 87.2 Å². The number of amides is 2. The molecule has 0 radical (unpaired) electrons. The van der Waals surface area contributed by atoms with Gasteiger partial charge in [0.1, 0.15) is 10.7 Å². The quantitative estimate of drug-likeness (QED) is 0.0891. The second-order valence-electron chi connectivity index (χ2n) is 15.8. The SMILES string of the molecule is CC[C@H](C)[C@H](CC(=O)C1(CC)CCCCN1C)C(=O)N(CC)[C@H](C[C@@H](OC(C)=O)c1nc(C(=O)N[C@@H](Cc2ccc(N)cc2)C[C@H](C)C(=O)O)cs1)C(C)C. The van der Waals surface area contributed by atoms with E-state index in [0.29, 0.717) is 30.1 Å². The summed E-state index contributed by atoms with van der Waals surface area (Å²) in [6, 6.07) is 6.36. The number of hydrogen-bond donors (Lipinski definition) is 3. The van der Waals surface area contributed by atoms with E-state index in [-0.39, 0.29) is 54.5 Å². The number of piperidine rings is 1. The normalized spacial score (nSPS) is 19.5. The molecule has 1 saturated heterocycles. The van der Waals surface area contributed by atoms with E-state index >= 15 is 0 Å². The van der Waals surface area contributed by atoms with Gasteiger partial charge >= 0.3 is 11.9 Å². The second-order valence-corrected chi connectivity index (χ2v) is 16.7. The highest BCUT2D eigenvalue weighted by Gasteiger charge is 2.45. The van der Waals surface area contributed by atoms with Crippen LogP contribution >= 0.6 is 11.3 Å². The van der Waals surface area contributed by atoms with Crippen molar-refractivity contribution in [1.82, 2.24) is 20.1 Å². The molecular formula is C42H65N5O7S. The molecule has 306 valence electrons. The fourth-order valence-electron chi connectivity index (χ4n) is 7.98. The van der Waals surface area contributed by atoms with Crippen LogP contribution in [0.25, 0.3) is 0 Å². The summed E-state index contributed by atoms with van der Waals surface area (Å²) in [5, 5.41) is 14.6. The molecule has 0 aliphatic carbocycles. The summed E-state index contributed by atoms with van der Waals surface area (Å²) in [5.41, 5.74) is 6.91. The van der Waals surface area contributed by atoms with Crippen LogP contribution in [0, 0.1) is 23.7 Å². The molecule has 2 aromatic rings. The van der Waals surface area contributed by atoms with Crippen molar-refractivity contribution in [2.45, 2.75) is 137 Å². The number of likely N-dealkylation sites (tertiary alicyclic amines) is 1. The topological polar surface area (TPSA) is 172 Å². The highest BCUT2D eigenvalue weighted by atomic mass is 32.1. The van der Waals surface area contributed by atoms with Crippen LogP contribution in [0.5, 0.6) is 0 Å². The molecule has 1 aliphatic heterocycles. The van der Waals surface area contributed by atoms with Crippen molar-refractivity contribution in [3.05, 3.63) is 45.9 Å². The fourth-order valence-corrected chi connectivity index (χ4v) is 8.82. The monoisotopic (exact) mass is 783 g/mol. The Labute approximate surface area is 332 Å². The van der Waals surface area contributed by atoms with E-state index in [1.807, 2.05) is 58.7 Å². The van der Waals surface area contributed by atoms with Crippen molar-refractivity contribution in [2.75, 3.05) is 25.9 Å². The van der Waals surface area contributed by atoms with Gasteiger partial charge in [0.15, 0.2) is 11.9 Å². The molecule has 1 aliphatic rings. The molecule has 0 bridgehead atoms. The van der Waals surface area contributed by atoms with Gasteiger partial charge in [-0.1, -0.05) is 60.1 Å². The number of rotatable bonds is 21. The number of nitrogens with zero attached hydrogens (tertiary/aromatic N) is 3. The Morgan fingerprint density at radius 2 is 1.73 bits per heavy atom. The number of esters is 1. The predicted octanol–water partition coefficient (Wildman–Crippen LogP) is 6.93. The third-order valence-electron chi connectivity index (χ3n) is 11.7. The molecule has 1 unspecified atom stereocenters. The number of thiazole rings is 1. The van der Waals surface area contributed by atoms with Crippen LogP contribution in [0.4, 0.5) is 5.69 Å². The van der Waals surface area contributed by atoms with Crippen LogP contribution in [0.1, 0.15) is 134 Å². The molecule has 7 atom stereocenters. The lowest BCUT2D eigenvalue weighted by atomic mass is 9.75. The van der Waals surface area contributed by atoms with Gasteiger partial charge in [-0.2, -0.15) is 0 Å². The lowest BCUT2D eigenvalue weighted by molar-refractivity contribution is -0.150. The Kier molecular flexibility index (Phi) is 17.3. The maximum absolute atomic E-state index is 14.7. The molecule has 1 fully saturated rings. The number of nitrogens with one attached hydrogen (secondary N) is 1. The van der Waals surface area contributed by atoms with Gasteiger partial charge in [0.2, 0.25) is 5.91 Å². The Bertz CT molecular complexity index is 1600. The number of nitrogen functional groups attached to an aromatic ring is 1.